The minimum Gasteiger partial charge on any atom is -0.381 e. The van der Waals surface area contributed by atoms with E-state index in [0.717, 1.165) is 52.4 Å². The van der Waals surface area contributed by atoms with Gasteiger partial charge in [-0.25, -0.2) is 0 Å². The molecule has 0 aliphatic carbocycles. The maximum atomic E-state index is 6.03. The van der Waals surface area contributed by atoms with Crippen LogP contribution in [0.1, 0.15) is 26.7 Å². The number of hydrogen-bond donors (Lipinski definition) is 1. The van der Waals surface area contributed by atoms with Gasteiger partial charge in [-0.15, -0.1) is 0 Å². The topological polar surface area (TPSA) is 47.7 Å². The van der Waals surface area contributed by atoms with Crippen molar-refractivity contribution in [1.82, 2.24) is 4.90 Å². The fourth-order valence-electron chi connectivity index (χ4n) is 3.16. The van der Waals surface area contributed by atoms with E-state index in [1.165, 1.54) is 0 Å². The van der Waals surface area contributed by atoms with Gasteiger partial charge in [-0.3, -0.25) is 4.90 Å². The van der Waals surface area contributed by atoms with Crippen LogP contribution >= 0.6 is 0 Å². The predicted octanol–water partition coefficient (Wildman–Crippen LogP) is 0.851. The fourth-order valence-corrected chi connectivity index (χ4v) is 3.16. The van der Waals surface area contributed by atoms with E-state index in [1.54, 1.807) is 0 Å². The minimum atomic E-state index is 0.112. The molecule has 100 valence electrons. The van der Waals surface area contributed by atoms with Crippen LogP contribution in [0.25, 0.3) is 0 Å². The molecule has 2 N–H and O–H groups in total. The Morgan fingerprint density at radius 3 is 2.53 bits per heavy atom. The van der Waals surface area contributed by atoms with Crippen molar-refractivity contribution in [1.29, 1.82) is 0 Å². The average molecular weight is 242 g/mol. The summed E-state index contributed by atoms with van der Waals surface area (Å²) in [5.74, 6) is 0.686. The van der Waals surface area contributed by atoms with E-state index in [-0.39, 0.29) is 5.54 Å². The largest absolute Gasteiger partial charge is 0.381 e. The van der Waals surface area contributed by atoms with Gasteiger partial charge in [0.05, 0.1) is 13.2 Å². The summed E-state index contributed by atoms with van der Waals surface area (Å²) in [6, 6.07) is 0.484. The summed E-state index contributed by atoms with van der Waals surface area (Å²) in [4.78, 5) is 2.56. The number of nitrogens with zero attached hydrogens (tertiary/aromatic N) is 1. The van der Waals surface area contributed by atoms with Gasteiger partial charge in [0.2, 0.25) is 0 Å². The number of nitrogens with two attached hydrogens (primary N) is 1. The molecule has 2 rings (SSSR count). The third-order valence-corrected chi connectivity index (χ3v) is 4.16. The van der Waals surface area contributed by atoms with Crippen molar-refractivity contribution >= 4 is 0 Å². The van der Waals surface area contributed by atoms with Gasteiger partial charge >= 0.3 is 0 Å². The Bertz CT molecular complexity index is 240. The van der Waals surface area contributed by atoms with E-state index >= 15 is 0 Å². The SMILES string of the molecule is CC1(C)COCCN1C(CN)C1CCOCC1. The van der Waals surface area contributed by atoms with Crippen molar-refractivity contribution in [2.24, 2.45) is 11.7 Å². The highest BCUT2D eigenvalue weighted by Crippen LogP contribution is 2.29. The zero-order valence-electron chi connectivity index (χ0n) is 11.2. The normalized spacial score (nSPS) is 29.1. The summed E-state index contributed by atoms with van der Waals surface area (Å²) in [5.41, 5.74) is 6.14. The van der Waals surface area contributed by atoms with Gasteiger partial charge in [0, 0.05) is 37.9 Å². The van der Waals surface area contributed by atoms with Crippen LogP contribution in [0.15, 0.2) is 0 Å². The van der Waals surface area contributed by atoms with Gasteiger partial charge in [-0.05, 0) is 32.6 Å². The van der Waals surface area contributed by atoms with E-state index < -0.39 is 0 Å². The van der Waals surface area contributed by atoms with Crippen LogP contribution in [0.4, 0.5) is 0 Å². The number of ether oxygens (including phenoxy) is 2. The molecule has 0 aromatic carbocycles. The maximum Gasteiger partial charge on any atom is 0.0645 e. The molecular weight excluding hydrogens is 216 g/mol. The molecule has 0 radical (unpaired) electrons. The Labute approximate surface area is 104 Å². The van der Waals surface area contributed by atoms with Gasteiger partial charge in [0.1, 0.15) is 0 Å². The molecule has 0 saturated carbocycles. The quantitative estimate of drug-likeness (QED) is 0.797. The molecule has 17 heavy (non-hydrogen) atoms. The predicted molar refractivity (Wildman–Crippen MR) is 68.0 cm³/mol. The summed E-state index contributed by atoms with van der Waals surface area (Å²) in [6.07, 6.45) is 2.30. The molecule has 0 spiro atoms. The third kappa shape index (κ3) is 2.99. The van der Waals surface area contributed by atoms with E-state index in [1.807, 2.05) is 0 Å². The highest BCUT2D eigenvalue weighted by atomic mass is 16.5. The van der Waals surface area contributed by atoms with Crippen molar-refractivity contribution < 1.29 is 9.47 Å². The fraction of sp³-hybridized carbons (Fsp3) is 1.00. The monoisotopic (exact) mass is 242 g/mol. The van der Waals surface area contributed by atoms with Gasteiger partial charge in [-0.2, -0.15) is 0 Å². The van der Waals surface area contributed by atoms with Crippen molar-refractivity contribution in [2.75, 3.05) is 39.5 Å². The van der Waals surface area contributed by atoms with E-state index in [0.29, 0.717) is 12.0 Å². The highest BCUT2D eigenvalue weighted by molar-refractivity contribution is 4.92. The van der Waals surface area contributed by atoms with E-state index in [2.05, 4.69) is 18.7 Å². The molecular formula is C13H26N2O2. The second-order valence-electron chi connectivity index (χ2n) is 5.81. The van der Waals surface area contributed by atoms with Gasteiger partial charge in [0.25, 0.3) is 0 Å². The van der Waals surface area contributed by atoms with Crippen LogP contribution in [-0.4, -0.2) is 56.0 Å². The lowest BCUT2D eigenvalue weighted by molar-refractivity contribution is -0.0903. The number of rotatable bonds is 3. The standard InChI is InChI=1S/C13H26N2O2/c1-13(2)10-17-8-5-15(13)12(9-14)11-3-6-16-7-4-11/h11-12H,3-10,14H2,1-2H3. The van der Waals surface area contributed by atoms with Gasteiger partial charge in [-0.1, -0.05) is 0 Å². The zero-order chi connectivity index (χ0) is 12.3. The zero-order valence-corrected chi connectivity index (χ0v) is 11.2. The molecule has 4 nitrogen and oxygen atoms in total. The van der Waals surface area contributed by atoms with E-state index in [4.69, 9.17) is 15.2 Å². The molecule has 2 fully saturated rings. The number of hydrogen-bond acceptors (Lipinski definition) is 4. The van der Waals surface area contributed by atoms with Crippen molar-refractivity contribution in [2.45, 2.75) is 38.3 Å². The van der Waals surface area contributed by atoms with Crippen LogP contribution in [0.2, 0.25) is 0 Å². The Balaban J connectivity index is 2.04. The van der Waals surface area contributed by atoms with Crippen molar-refractivity contribution in [3.63, 3.8) is 0 Å². The molecule has 2 heterocycles. The lowest BCUT2D eigenvalue weighted by Crippen LogP contribution is -2.61. The lowest BCUT2D eigenvalue weighted by atomic mass is 9.87. The maximum absolute atomic E-state index is 6.03. The molecule has 1 unspecified atom stereocenters. The van der Waals surface area contributed by atoms with Crippen LogP contribution in [0, 0.1) is 5.92 Å². The minimum absolute atomic E-state index is 0.112. The first kappa shape index (κ1) is 13.3. The Hall–Kier alpha value is -0.160. The third-order valence-electron chi connectivity index (χ3n) is 4.16. The lowest BCUT2D eigenvalue weighted by Gasteiger charge is -2.49. The van der Waals surface area contributed by atoms with Crippen LogP contribution in [0.3, 0.4) is 0 Å². The van der Waals surface area contributed by atoms with Crippen LogP contribution in [0.5, 0.6) is 0 Å². The highest BCUT2D eigenvalue weighted by Gasteiger charge is 2.38. The second kappa shape index (κ2) is 5.65. The smallest absolute Gasteiger partial charge is 0.0645 e. The molecule has 1 atom stereocenters. The van der Waals surface area contributed by atoms with Crippen molar-refractivity contribution in [3.8, 4) is 0 Å². The molecule has 2 saturated heterocycles. The molecule has 2 aliphatic rings. The van der Waals surface area contributed by atoms with E-state index in [9.17, 15) is 0 Å². The van der Waals surface area contributed by atoms with Crippen LogP contribution in [-0.2, 0) is 9.47 Å². The van der Waals surface area contributed by atoms with Crippen LogP contribution < -0.4 is 5.73 Å². The average Bonchev–Trinajstić information content (AvgIpc) is 2.33. The molecule has 0 aromatic heterocycles. The Kier molecular flexibility index (Phi) is 4.42. The second-order valence-corrected chi connectivity index (χ2v) is 5.81. The van der Waals surface area contributed by atoms with Gasteiger partial charge < -0.3 is 15.2 Å². The molecule has 4 heteroatoms. The molecule has 0 bridgehead atoms. The Morgan fingerprint density at radius 1 is 1.24 bits per heavy atom. The summed E-state index contributed by atoms with van der Waals surface area (Å²) in [5, 5.41) is 0. The molecule has 2 aliphatic heterocycles. The summed E-state index contributed by atoms with van der Waals surface area (Å²) in [7, 11) is 0. The molecule has 0 amide bonds. The summed E-state index contributed by atoms with van der Waals surface area (Å²) < 4.78 is 11.0. The number of morpholine rings is 1. The summed E-state index contributed by atoms with van der Waals surface area (Å²) in [6.45, 7) is 9.70. The first-order valence-electron chi connectivity index (χ1n) is 6.77. The first-order valence-corrected chi connectivity index (χ1v) is 6.77. The van der Waals surface area contributed by atoms with Crippen molar-refractivity contribution in [3.05, 3.63) is 0 Å². The van der Waals surface area contributed by atoms with Gasteiger partial charge in [0.15, 0.2) is 0 Å². The first-order chi connectivity index (χ1) is 8.15. The summed E-state index contributed by atoms with van der Waals surface area (Å²) >= 11 is 0. The Morgan fingerprint density at radius 2 is 1.94 bits per heavy atom. The molecule has 0 aromatic rings.